The molecule has 12 heteroatoms. The van der Waals surface area contributed by atoms with E-state index in [1.165, 1.54) is 31.2 Å². The van der Waals surface area contributed by atoms with Crippen molar-refractivity contribution in [1.29, 1.82) is 0 Å². The second-order valence-corrected chi connectivity index (χ2v) is 13.8. The third kappa shape index (κ3) is 5.28. The van der Waals surface area contributed by atoms with Gasteiger partial charge >= 0.3 is 17.6 Å². The number of nitro benzene ring substituents is 1. The molecule has 1 aromatic carbocycles. The summed E-state index contributed by atoms with van der Waals surface area (Å²) in [6.45, 7) is 9.50. The predicted molar refractivity (Wildman–Crippen MR) is 167 cm³/mol. The second kappa shape index (κ2) is 11.6. The Labute approximate surface area is 271 Å². The number of carbonyl (C=O) groups excluding carboxylic acids is 2. The first kappa shape index (κ1) is 32.4. The zero-order valence-corrected chi connectivity index (χ0v) is 26.9. The van der Waals surface area contributed by atoms with Gasteiger partial charge in [-0.25, -0.2) is 9.59 Å². The molecular weight excluding hydrogens is 608 g/mol. The minimum absolute atomic E-state index is 0.0113. The molecular formula is C35H38N2O10. The number of hydrogen-bond acceptors (Lipinski definition) is 11. The molecule has 3 heterocycles. The molecule has 2 aliphatic carbocycles. The number of aromatic nitrogens is 1. The maximum Gasteiger partial charge on any atom is 0.345 e. The monoisotopic (exact) mass is 646 g/mol. The van der Waals surface area contributed by atoms with E-state index in [1.54, 1.807) is 37.5 Å². The van der Waals surface area contributed by atoms with Gasteiger partial charge in [0.15, 0.2) is 0 Å². The number of carbonyl (C=O) groups is 2. The molecule has 1 N–H and O–H groups in total. The number of rotatable bonds is 6. The van der Waals surface area contributed by atoms with Gasteiger partial charge in [-0.2, -0.15) is 0 Å². The number of fused-ring (bicyclic) bond motifs is 4. The van der Waals surface area contributed by atoms with Crippen LogP contribution in [0.1, 0.15) is 75.9 Å². The summed E-state index contributed by atoms with van der Waals surface area (Å²) >= 11 is 0. The van der Waals surface area contributed by atoms with Gasteiger partial charge in [0.2, 0.25) is 0 Å². The molecule has 0 bridgehead atoms. The Hall–Kier alpha value is -4.58. The molecule has 2 aromatic heterocycles. The van der Waals surface area contributed by atoms with E-state index in [0.29, 0.717) is 18.4 Å². The number of nitrogens with zero attached hydrogens (tertiary/aromatic N) is 2. The van der Waals surface area contributed by atoms with E-state index in [-0.39, 0.29) is 46.8 Å². The summed E-state index contributed by atoms with van der Waals surface area (Å²) in [5.41, 5.74) is -2.83. The predicted octanol–water partition coefficient (Wildman–Crippen LogP) is 5.66. The molecule has 4 unspecified atom stereocenters. The minimum atomic E-state index is -1.34. The maximum atomic E-state index is 13.7. The van der Waals surface area contributed by atoms with Crippen molar-refractivity contribution in [3.05, 3.63) is 86.5 Å². The van der Waals surface area contributed by atoms with Crippen LogP contribution in [0.3, 0.4) is 0 Å². The highest BCUT2D eigenvalue weighted by molar-refractivity contribution is 5.89. The summed E-state index contributed by atoms with van der Waals surface area (Å²) in [5, 5.41) is 23.4. The summed E-state index contributed by atoms with van der Waals surface area (Å²) in [7, 11) is 0. The van der Waals surface area contributed by atoms with Crippen molar-refractivity contribution in [3.63, 3.8) is 0 Å². The van der Waals surface area contributed by atoms with Crippen LogP contribution in [-0.2, 0) is 14.3 Å². The average molecular weight is 647 g/mol. The third-order valence-corrected chi connectivity index (χ3v) is 11.2. The zero-order chi connectivity index (χ0) is 33.9. The Kier molecular flexibility index (Phi) is 7.98. The summed E-state index contributed by atoms with van der Waals surface area (Å²) in [4.78, 5) is 54.0. The number of nitro groups is 1. The first-order valence-electron chi connectivity index (χ1n) is 15.7. The van der Waals surface area contributed by atoms with E-state index in [1.807, 2.05) is 0 Å². The molecule has 2 saturated carbocycles. The van der Waals surface area contributed by atoms with Crippen molar-refractivity contribution in [1.82, 2.24) is 4.98 Å². The van der Waals surface area contributed by atoms with E-state index in [2.05, 4.69) is 25.8 Å². The van der Waals surface area contributed by atoms with Crippen LogP contribution in [-0.4, -0.2) is 45.3 Å². The fourth-order valence-corrected chi connectivity index (χ4v) is 8.61. The molecule has 0 saturated heterocycles. The van der Waals surface area contributed by atoms with Gasteiger partial charge in [-0.15, -0.1) is 0 Å². The van der Waals surface area contributed by atoms with E-state index in [4.69, 9.17) is 18.6 Å². The smallest absolute Gasteiger partial charge is 0.345 e. The summed E-state index contributed by atoms with van der Waals surface area (Å²) < 4.78 is 24.3. The summed E-state index contributed by atoms with van der Waals surface area (Å²) in [6.07, 6.45) is 2.60. The van der Waals surface area contributed by atoms with Crippen LogP contribution in [0.4, 0.5) is 5.69 Å². The van der Waals surface area contributed by atoms with Gasteiger partial charge in [0.05, 0.1) is 23.2 Å². The number of pyridine rings is 1. The Balaban J connectivity index is 1.48. The molecule has 6 rings (SSSR count). The van der Waals surface area contributed by atoms with Gasteiger partial charge < -0.3 is 23.7 Å². The number of benzene rings is 1. The lowest BCUT2D eigenvalue weighted by Crippen LogP contribution is -2.70. The standard InChI is InChI=1S/C35H38N2O10/c1-19-12-13-33(3)26(34(19,4)18-44-20(2)38)16-27(46-31(40)21-8-10-23(11-9-21)37(42)43)35(5)30(33)29(39)28-25(47-35)15-24(45-32(28)41)22-7-6-14-36-17-22/h6-11,14-15,17,19,26-27,29-30,39H,12-13,16,18H2,1-5H3/t19-,26?,27-,29?,30?,33-,34?,35+/m0/s1. The van der Waals surface area contributed by atoms with Gasteiger partial charge in [0.1, 0.15) is 28.8 Å². The van der Waals surface area contributed by atoms with Crippen LogP contribution in [0.25, 0.3) is 11.3 Å². The lowest BCUT2D eigenvalue weighted by Gasteiger charge is -2.66. The fourth-order valence-electron chi connectivity index (χ4n) is 8.61. The van der Waals surface area contributed by atoms with E-state index >= 15 is 0 Å². The van der Waals surface area contributed by atoms with Gasteiger partial charge in [0, 0.05) is 54.4 Å². The Morgan fingerprint density at radius 2 is 1.89 bits per heavy atom. The Morgan fingerprint density at radius 1 is 1.17 bits per heavy atom. The van der Waals surface area contributed by atoms with Gasteiger partial charge in [0.25, 0.3) is 5.69 Å². The van der Waals surface area contributed by atoms with Crippen LogP contribution in [0.15, 0.2) is 64.1 Å². The fraction of sp³-hybridized carbons (Fsp3) is 0.486. The highest BCUT2D eigenvalue weighted by Crippen LogP contribution is 2.68. The zero-order valence-electron chi connectivity index (χ0n) is 26.9. The quantitative estimate of drug-likeness (QED) is 0.199. The van der Waals surface area contributed by atoms with Crippen molar-refractivity contribution in [2.24, 2.45) is 28.6 Å². The normalized spacial score (nSPS) is 32.5. The first-order chi connectivity index (χ1) is 22.2. The highest BCUT2D eigenvalue weighted by Gasteiger charge is 2.70. The second-order valence-electron chi connectivity index (χ2n) is 13.8. The highest BCUT2D eigenvalue weighted by atomic mass is 16.6. The van der Waals surface area contributed by atoms with Crippen LogP contribution in [0, 0.1) is 38.7 Å². The van der Waals surface area contributed by atoms with Crippen LogP contribution in [0.2, 0.25) is 0 Å². The molecule has 8 atom stereocenters. The average Bonchev–Trinajstić information content (AvgIpc) is 3.03. The van der Waals surface area contributed by atoms with E-state index in [9.17, 15) is 29.6 Å². The van der Waals surface area contributed by atoms with Gasteiger partial charge in [-0.3, -0.25) is 19.9 Å². The number of hydrogen-bond donors (Lipinski definition) is 1. The number of non-ortho nitro benzene ring substituents is 1. The van der Waals surface area contributed by atoms with E-state index in [0.717, 1.165) is 6.42 Å². The SMILES string of the molecule is CC(=O)OCC1(C)C2C[C@H](OC(=O)c3ccc([N+](=O)[O-])cc3)[C@@]3(C)Oc4cc(-c5cccnc5)oc(=O)c4C(O)C3[C@@]2(C)CC[C@@H]1C. The molecule has 0 radical (unpaired) electrons. The van der Waals surface area contributed by atoms with Crippen molar-refractivity contribution >= 4 is 17.6 Å². The van der Waals surface area contributed by atoms with Crippen molar-refractivity contribution < 1.29 is 38.2 Å². The van der Waals surface area contributed by atoms with Crippen LogP contribution >= 0.6 is 0 Å². The largest absolute Gasteiger partial charge is 0.482 e. The van der Waals surface area contributed by atoms with Gasteiger partial charge in [-0.05, 0) is 67.7 Å². The lowest BCUT2D eigenvalue weighted by molar-refractivity contribution is -0.384. The first-order valence-corrected chi connectivity index (χ1v) is 15.7. The molecule has 3 aliphatic rings. The number of aliphatic hydroxyl groups excluding tert-OH is 1. The minimum Gasteiger partial charge on any atom is -0.482 e. The lowest BCUT2D eigenvalue weighted by atomic mass is 9.41. The molecule has 12 nitrogen and oxygen atoms in total. The summed E-state index contributed by atoms with van der Waals surface area (Å²) in [6, 6.07) is 10.1. The van der Waals surface area contributed by atoms with E-state index < -0.39 is 57.0 Å². The van der Waals surface area contributed by atoms with Crippen LogP contribution < -0.4 is 10.4 Å². The molecule has 47 heavy (non-hydrogen) atoms. The molecule has 2 fully saturated rings. The van der Waals surface area contributed by atoms with Crippen LogP contribution in [0.5, 0.6) is 5.75 Å². The molecule has 3 aromatic rings. The van der Waals surface area contributed by atoms with Gasteiger partial charge in [-0.1, -0.05) is 20.8 Å². The number of ether oxygens (including phenoxy) is 3. The van der Waals surface area contributed by atoms with Crippen molar-refractivity contribution in [2.75, 3.05) is 6.61 Å². The molecule has 0 spiro atoms. The van der Waals surface area contributed by atoms with Crippen molar-refractivity contribution in [3.8, 4) is 17.1 Å². The maximum absolute atomic E-state index is 13.7. The molecule has 248 valence electrons. The molecule has 1 aliphatic heterocycles. The Morgan fingerprint density at radius 3 is 2.53 bits per heavy atom. The molecule has 0 amide bonds. The van der Waals surface area contributed by atoms with Crippen molar-refractivity contribution in [2.45, 2.75) is 71.7 Å². The Bertz CT molecular complexity index is 1780. The number of esters is 2. The number of aliphatic hydroxyl groups is 1. The third-order valence-electron chi connectivity index (χ3n) is 11.2. The summed E-state index contributed by atoms with van der Waals surface area (Å²) in [5.74, 6) is -1.68. The topological polar surface area (TPSA) is 168 Å².